The van der Waals surface area contributed by atoms with Crippen molar-refractivity contribution < 1.29 is 38.5 Å². The lowest BCUT2D eigenvalue weighted by Gasteiger charge is -2.36. The number of nitrogens with zero attached hydrogens (tertiary/aromatic N) is 6. The van der Waals surface area contributed by atoms with Gasteiger partial charge in [0.1, 0.15) is 29.0 Å². The van der Waals surface area contributed by atoms with Crippen LogP contribution in [0.5, 0.6) is 0 Å². The number of aliphatic hydroxyl groups is 1. The number of methoxy groups -OCH3 is 1. The number of rotatable bonds is 19. The van der Waals surface area contributed by atoms with Gasteiger partial charge < -0.3 is 40.2 Å². The average molecular weight is 1020 g/mol. The number of benzene rings is 2. The zero-order valence-corrected chi connectivity index (χ0v) is 43.4. The maximum atomic E-state index is 14.2. The molecule has 2 aliphatic heterocycles. The van der Waals surface area contributed by atoms with E-state index in [0.29, 0.717) is 23.1 Å². The number of β-amino-alcohol motifs (C(OH)–C–C–N with tert-alkyl or cyclic N) is 1. The van der Waals surface area contributed by atoms with Gasteiger partial charge in [0.2, 0.25) is 24.0 Å². The molecule has 4 N–H and O–H groups in total. The first-order valence-electron chi connectivity index (χ1n) is 23.3. The van der Waals surface area contributed by atoms with Crippen LogP contribution >= 0.6 is 34.3 Å². The number of thiazole rings is 1. The monoisotopic (exact) mass is 1020 g/mol. The predicted molar refractivity (Wildman–Crippen MR) is 269 cm³/mol. The fourth-order valence-corrected chi connectivity index (χ4v) is 10.7. The summed E-state index contributed by atoms with van der Waals surface area (Å²) in [6.07, 6.45) is -1.76. The second-order valence-corrected chi connectivity index (χ2v) is 21.2. The van der Waals surface area contributed by atoms with Gasteiger partial charge in [0.15, 0.2) is 5.82 Å². The number of hydrogen-bond donors (Lipinski definition) is 4. The molecule has 3 aromatic heterocycles. The molecule has 1 fully saturated rings. The lowest BCUT2D eigenvalue weighted by atomic mass is 9.85. The number of nitrogens with one attached hydrogen (secondary N) is 3. The molecule has 0 aliphatic carbocycles. The van der Waals surface area contributed by atoms with E-state index in [2.05, 4.69) is 45.0 Å². The summed E-state index contributed by atoms with van der Waals surface area (Å²) in [7, 11) is 1.33. The minimum absolute atomic E-state index is 0.0399. The van der Waals surface area contributed by atoms with Crippen molar-refractivity contribution in [2.75, 3.05) is 40.0 Å². The lowest BCUT2D eigenvalue weighted by molar-refractivity contribution is -0.169. The second kappa shape index (κ2) is 22.8. The molecule has 5 heterocycles. The van der Waals surface area contributed by atoms with Crippen LogP contribution in [0.15, 0.2) is 59.0 Å². The molecule has 2 aliphatic rings. The Kier molecular flexibility index (Phi) is 17.1. The van der Waals surface area contributed by atoms with E-state index in [0.717, 1.165) is 54.0 Å². The van der Waals surface area contributed by atoms with Gasteiger partial charge in [-0.3, -0.25) is 28.7 Å². The van der Waals surface area contributed by atoms with Crippen molar-refractivity contribution in [1.82, 2.24) is 40.6 Å². The summed E-state index contributed by atoms with van der Waals surface area (Å²) in [5.74, 6) is -0.507. The molecule has 7 rings (SSSR count). The number of carbonyl (C=O) groups excluding carboxylic acids is 4. The Bertz CT molecular complexity index is 2700. The van der Waals surface area contributed by atoms with Crippen LogP contribution in [0.2, 0.25) is 5.02 Å². The molecule has 0 bridgehead atoms. The highest BCUT2D eigenvalue weighted by Gasteiger charge is 2.45. The Morgan fingerprint density at radius 3 is 2.34 bits per heavy atom. The first kappa shape index (κ1) is 52.4. The van der Waals surface area contributed by atoms with Crippen LogP contribution in [0.1, 0.15) is 104 Å². The van der Waals surface area contributed by atoms with Gasteiger partial charge in [0.05, 0.1) is 53.6 Å². The summed E-state index contributed by atoms with van der Waals surface area (Å²) in [5, 5.41) is 29.9. The standard InChI is InChI=1S/C50H62ClN9O8S2/c1-27-30(4)70-48-40(27)41(33-15-17-35(51)18-16-33)55-37(44-58-57-31(5)60(44)48)24-39(62)52-19-22-67-20-10-21-68-49(66-9)46(64)56-43(50(6,7)8)47(65)59-25-36(61)23-38(59)45(63)54-28(2)32-11-13-34(14-12-32)42-29(3)53-26-69-42/h11-18,26,28,36-38,43,49,61H,10,19-25H2,1-9H3,(H,52,62)(H,54,63)(H,56,64)/t28-,36+,37?,38-,43+,49?/m0/s1. The molecule has 2 aromatic carbocycles. The summed E-state index contributed by atoms with van der Waals surface area (Å²) >= 11 is 9.45. The molecular weight excluding hydrogens is 954 g/mol. The Labute approximate surface area is 421 Å². The van der Waals surface area contributed by atoms with E-state index in [-0.39, 0.29) is 57.7 Å². The molecule has 0 spiro atoms. The Balaban J connectivity index is 0.868. The lowest BCUT2D eigenvalue weighted by Crippen LogP contribution is -2.59. The minimum Gasteiger partial charge on any atom is -0.391 e. The smallest absolute Gasteiger partial charge is 0.277 e. The number of thiophene rings is 1. The van der Waals surface area contributed by atoms with Gasteiger partial charge in [-0.15, -0.1) is 32.9 Å². The fourth-order valence-electron chi connectivity index (χ4n) is 8.57. The van der Waals surface area contributed by atoms with Gasteiger partial charge in [0.25, 0.3) is 5.91 Å². The highest BCUT2D eigenvalue weighted by Crippen LogP contribution is 2.40. The van der Waals surface area contributed by atoms with E-state index in [1.807, 2.05) is 79.4 Å². The van der Waals surface area contributed by atoms with Gasteiger partial charge in [-0.1, -0.05) is 68.8 Å². The topological polar surface area (TPSA) is 211 Å². The highest BCUT2D eigenvalue weighted by molar-refractivity contribution is 7.15. The largest absolute Gasteiger partial charge is 0.391 e. The van der Waals surface area contributed by atoms with Crippen LogP contribution < -0.4 is 16.0 Å². The van der Waals surface area contributed by atoms with Crippen molar-refractivity contribution in [3.63, 3.8) is 0 Å². The zero-order valence-electron chi connectivity index (χ0n) is 41.0. The molecule has 2 unspecified atom stereocenters. The van der Waals surface area contributed by atoms with Gasteiger partial charge >= 0.3 is 0 Å². The number of aryl methyl sites for hydroxylation is 3. The number of aromatic nitrogens is 4. The van der Waals surface area contributed by atoms with Gasteiger partial charge in [-0.25, -0.2) is 4.98 Å². The van der Waals surface area contributed by atoms with E-state index in [1.165, 1.54) is 12.0 Å². The van der Waals surface area contributed by atoms with E-state index < -0.39 is 53.7 Å². The molecule has 17 nitrogen and oxygen atoms in total. The maximum absolute atomic E-state index is 14.2. The number of halogens is 1. The van der Waals surface area contributed by atoms with Crippen molar-refractivity contribution in [2.45, 2.75) is 111 Å². The Morgan fingerprint density at radius 1 is 0.957 bits per heavy atom. The van der Waals surface area contributed by atoms with Crippen molar-refractivity contribution in [3.8, 4) is 15.4 Å². The number of fused-ring (bicyclic) bond motifs is 3. The third kappa shape index (κ3) is 12.0. The molecule has 20 heteroatoms. The first-order valence-corrected chi connectivity index (χ1v) is 25.4. The summed E-state index contributed by atoms with van der Waals surface area (Å²) in [5.41, 5.74) is 7.62. The van der Waals surface area contributed by atoms with Crippen LogP contribution in [-0.4, -0.2) is 124 Å². The quantitative estimate of drug-likeness (QED) is 0.0518. The number of hydrogen-bond acceptors (Lipinski definition) is 14. The van der Waals surface area contributed by atoms with Crippen molar-refractivity contribution in [3.05, 3.63) is 104 Å². The highest BCUT2D eigenvalue weighted by atomic mass is 35.5. The van der Waals surface area contributed by atoms with Crippen molar-refractivity contribution in [1.29, 1.82) is 0 Å². The van der Waals surface area contributed by atoms with E-state index in [1.54, 1.807) is 43.4 Å². The number of likely N-dealkylation sites (tertiary alicyclic amines) is 1. The fraction of sp³-hybridized carbons (Fsp3) is 0.480. The molecule has 1 saturated heterocycles. The number of aliphatic imine (C=N–C) groups is 1. The maximum Gasteiger partial charge on any atom is 0.277 e. The number of aliphatic hydroxyl groups excluding tert-OH is 1. The molecule has 0 radical (unpaired) electrons. The molecule has 374 valence electrons. The first-order chi connectivity index (χ1) is 33.4. The molecule has 6 atom stereocenters. The molecule has 4 amide bonds. The number of ether oxygens (including phenoxy) is 3. The molecule has 0 saturated carbocycles. The Hall–Kier alpha value is -5.41. The van der Waals surface area contributed by atoms with Crippen molar-refractivity contribution in [2.24, 2.45) is 10.4 Å². The third-order valence-electron chi connectivity index (χ3n) is 12.5. The minimum atomic E-state index is -1.34. The average Bonchev–Trinajstić information content (AvgIpc) is 4.09. The predicted octanol–water partition coefficient (Wildman–Crippen LogP) is 6.50. The van der Waals surface area contributed by atoms with Gasteiger partial charge in [0, 0.05) is 54.3 Å². The van der Waals surface area contributed by atoms with Gasteiger partial charge in [-0.2, -0.15) is 0 Å². The summed E-state index contributed by atoms with van der Waals surface area (Å²) < 4.78 is 18.9. The number of amides is 4. The van der Waals surface area contributed by atoms with Crippen LogP contribution in [0.4, 0.5) is 0 Å². The Morgan fingerprint density at radius 2 is 1.67 bits per heavy atom. The van der Waals surface area contributed by atoms with E-state index >= 15 is 0 Å². The van der Waals surface area contributed by atoms with Crippen LogP contribution in [0.3, 0.4) is 0 Å². The third-order valence-corrected chi connectivity index (χ3v) is 14.9. The van der Waals surface area contributed by atoms with Crippen LogP contribution in [0.25, 0.3) is 15.4 Å². The second-order valence-electron chi connectivity index (χ2n) is 18.7. The van der Waals surface area contributed by atoms with E-state index in [9.17, 15) is 24.3 Å². The van der Waals surface area contributed by atoms with Gasteiger partial charge in [-0.05, 0) is 75.3 Å². The normalized spacial score (nSPS) is 18.0. The van der Waals surface area contributed by atoms with E-state index in [4.69, 9.17) is 30.8 Å². The number of carbonyl (C=O) groups is 4. The molecule has 70 heavy (non-hydrogen) atoms. The summed E-state index contributed by atoms with van der Waals surface area (Å²) in [6, 6.07) is 12.4. The SMILES string of the molecule is COC(OCCCOCCNC(=O)CC1N=C(c2ccc(Cl)cc2)c2c(sc(C)c2C)-n2c(C)nnc21)C(=O)N[C@H](C(=O)N1C[C@H](O)C[C@H]1C(=O)N[C@@H](C)c1ccc(-c2scnc2C)cc1)C(C)(C)C. The molecule has 5 aromatic rings. The van der Waals surface area contributed by atoms with Crippen molar-refractivity contribution >= 4 is 63.6 Å². The zero-order chi connectivity index (χ0) is 50.4. The molecular formula is C50H62ClN9O8S2. The summed E-state index contributed by atoms with van der Waals surface area (Å²) in [4.78, 5) is 68.0. The summed E-state index contributed by atoms with van der Waals surface area (Å²) in [6.45, 7) is 16.1. The van der Waals surface area contributed by atoms with Crippen LogP contribution in [0, 0.1) is 33.1 Å². The van der Waals surface area contributed by atoms with Crippen LogP contribution in [-0.2, 0) is 33.4 Å².